The van der Waals surface area contributed by atoms with Crippen LogP contribution in [0.1, 0.15) is 84.8 Å². The molecule has 1 spiro atoms. The molecule has 13 nitrogen and oxygen atoms in total. The van der Waals surface area contributed by atoms with Crippen LogP contribution >= 0.6 is 0 Å². The molecule has 2 aliphatic carbocycles. The lowest BCUT2D eigenvalue weighted by Gasteiger charge is -2.56. The first-order chi connectivity index (χ1) is 24.4. The Morgan fingerprint density at radius 2 is 1.78 bits per heavy atom. The van der Waals surface area contributed by atoms with Crippen LogP contribution < -0.4 is 0 Å². The van der Waals surface area contributed by atoms with Crippen molar-refractivity contribution in [3.8, 4) is 0 Å². The lowest BCUT2D eigenvalue weighted by atomic mass is 9.59. The summed E-state index contributed by atoms with van der Waals surface area (Å²) >= 11 is 0. The van der Waals surface area contributed by atoms with Crippen molar-refractivity contribution >= 4 is 0 Å². The number of aliphatic hydroxyl groups excluding tert-OH is 1. The van der Waals surface area contributed by atoms with Crippen LogP contribution in [0.3, 0.4) is 0 Å². The van der Waals surface area contributed by atoms with E-state index in [1.807, 2.05) is 13.8 Å². The summed E-state index contributed by atoms with van der Waals surface area (Å²) in [7, 11) is 0. The second-order valence-corrected chi connectivity index (χ2v) is 15.8. The standard InChI is InChI=1S/C35H52F3N3O10/c1-19-5-8-27(33(50-43)18-46-21(3)7-10-25(19)33)22(4)31(42)45-14-13-41-23(15-39-40-41)16-44-17-24-28-9-6-20(2)26-11-12-29-47-32(34(26,28)51-49-29)48-30(24)35(36,37)38/h15,19-22,25-29,31-32,42-43H,5-14,16-18H2,1-4H3. The van der Waals surface area contributed by atoms with Crippen molar-refractivity contribution in [1.29, 1.82) is 0 Å². The molecule has 2 bridgehead atoms. The lowest BCUT2D eigenvalue weighted by molar-refractivity contribution is -0.528. The van der Waals surface area contributed by atoms with Crippen molar-refractivity contribution < 1.29 is 61.9 Å². The van der Waals surface area contributed by atoms with Gasteiger partial charge in [0.2, 0.25) is 12.0 Å². The van der Waals surface area contributed by atoms with Crippen molar-refractivity contribution in [3.63, 3.8) is 0 Å². The fraction of sp³-hybridized carbons (Fsp3) is 0.886. The van der Waals surface area contributed by atoms with Crippen molar-refractivity contribution in [2.45, 2.75) is 135 Å². The minimum Gasteiger partial charge on any atom is -0.456 e. The Morgan fingerprint density at radius 3 is 2.57 bits per heavy atom. The van der Waals surface area contributed by atoms with Gasteiger partial charge in [0.1, 0.15) is 5.60 Å². The summed E-state index contributed by atoms with van der Waals surface area (Å²) in [6, 6.07) is 0. The molecule has 4 saturated heterocycles. The second-order valence-electron chi connectivity index (χ2n) is 15.8. The van der Waals surface area contributed by atoms with E-state index in [0.29, 0.717) is 30.9 Å². The number of rotatable bonds is 11. The predicted octanol–water partition coefficient (Wildman–Crippen LogP) is 5.53. The van der Waals surface area contributed by atoms with Crippen LogP contribution in [-0.4, -0.2) is 87.5 Å². The monoisotopic (exact) mass is 731 g/mol. The van der Waals surface area contributed by atoms with Gasteiger partial charge in [0.15, 0.2) is 18.2 Å². The fourth-order valence-corrected chi connectivity index (χ4v) is 10.2. The average molecular weight is 732 g/mol. The van der Waals surface area contributed by atoms with E-state index in [1.54, 1.807) is 0 Å². The SMILES string of the molecule is CC1CCC2C(C)CCC(C(C)C(O)OCCn3nncc3COCC3=C(C(F)(F)F)OC4OC5CCC6C(C)CCC3C46OO5)C2(OO)CO1. The normalized spacial score (nSPS) is 40.8. The van der Waals surface area contributed by atoms with E-state index in [2.05, 4.69) is 24.2 Å². The number of ether oxygens (including phenoxy) is 5. The molecule has 13 atom stereocenters. The lowest BCUT2D eigenvalue weighted by Crippen LogP contribution is -2.66. The van der Waals surface area contributed by atoms with Gasteiger partial charge in [0, 0.05) is 35.7 Å². The molecule has 1 aromatic rings. The minimum atomic E-state index is -4.76. The molecule has 0 amide bonds. The Balaban J connectivity index is 0.984. The number of aliphatic hydroxyl groups is 1. The number of halogens is 3. The summed E-state index contributed by atoms with van der Waals surface area (Å²) in [4.78, 5) is 16.8. The maximum atomic E-state index is 14.5. The van der Waals surface area contributed by atoms with Crippen LogP contribution in [0.15, 0.2) is 17.5 Å². The van der Waals surface area contributed by atoms with E-state index in [-0.39, 0.29) is 74.2 Å². The van der Waals surface area contributed by atoms with Crippen molar-refractivity contribution in [1.82, 2.24) is 15.0 Å². The van der Waals surface area contributed by atoms with Crippen LogP contribution in [-0.2, 0) is 51.5 Å². The molecule has 16 heteroatoms. The third-order valence-electron chi connectivity index (χ3n) is 13.0. The predicted molar refractivity (Wildman–Crippen MR) is 170 cm³/mol. The Kier molecular flexibility index (Phi) is 10.8. The maximum Gasteiger partial charge on any atom is 0.449 e. The maximum absolute atomic E-state index is 14.5. The van der Waals surface area contributed by atoms with Crippen LogP contribution in [0, 0.1) is 41.4 Å². The van der Waals surface area contributed by atoms with Gasteiger partial charge in [-0.05, 0) is 69.6 Å². The molecule has 7 aliphatic rings. The quantitative estimate of drug-likeness (QED) is 0.168. The first-order valence-electron chi connectivity index (χ1n) is 18.5. The van der Waals surface area contributed by atoms with E-state index in [9.17, 15) is 23.5 Å². The zero-order valence-corrected chi connectivity index (χ0v) is 29.8. The van der Waals surface area contributed by atoms with Crippen LogP contribution in [0.2, 0.25) is 0 Å². The highest BCUT2D eigenvalue weighted by molar-refractivity contribution is 5.28. The largest absolute Gasteiger partial charge is 0.456 e. The summed E-state index contributed by atoms with van der Waals surface area (Å²) in [6.45, 7) is 8.30. The smallest absolute Gasteiger partial charge is 0.449 e. The summed E-state index contributed by atoms with van der Waals surface area (Å²) in [6.07, 6.45) is -0.562. The topological polar surface area (TPSA) is 145 Å². The molecule has 0 aromatic carbocycles. The third kappa shape index (κ3) is 6.75. The summed E-state index contributed by atoms with van der Waals surface area (Å²) in [5.41, 5.74) is -1.62. The zero-order chi connectivity index (χ0) is 36.1. The van der Waals surface area contributed by atoms with E-state index in [0.717, 1.165) is 32.1 Å². The molecule has 5 aliphatic heterocycles. The van der Waals surface area contributed by atoms with Crippen molar-refractivity contribution in [2.75, 3.05) is 19.8 Å². The average Bonchev–Trinajstić information content (AvgIpc) is 3.25. The van der Waals surface area contributed by atoms with E-state index < -0.39 is 47.9 Å². The zero-order valence-electron chi connectivity index (χ0n) is 29.8. The summed E-state index contributed by atoms with van der Waals surface area (Å²) in [5.74, 6) is -1.82. The van der Waals surface area contributed by atoms with Gasteiger partial charge in [-0.15, -0.1) is 5.10 Å². The fourth-order valence-electron chi connectivity index (χ4n) is 10.2. The molecule has 8 rings (SSSR count). The molecule has 1 aromatic heterocycles. The molecular formula is C35H52F3N3O10. The Hall–Kier alpha value is -1.89. The van der Waals surface area contributed by atoms with Crippen molar-refractivity contribution in [2.24, 2.45) is 41.4 Å². The number of allylic oxidation sites excluding steroid dienone is 1. The number of fused-ring (bicyclic) bond motifs is 3. The van der Waals surface area contributed by atoms with Gasteiger partial charge in [-0.2, -0.15) is 13.2 Å². The number of aromatic nitrogens is 3. The summed E-state index contributed by atoms with van der Waals surface area (Å²) in [5, 5.41) is 29.5. The van der Waals surface area contributed by atoms with E-state index in [4.69, 9.17) is 38.3 Å². The Morgan fingerprint density at radius 1 is 1.02 bits per heavy atom. The van der Waals surface area contributed by atoms with Gasteiger partial charge in [-0.25, -0.2) is 19.3 Å². The minimum absolute atomic E-state index is 0.0137. The first kappa shape index (κ1) is 37.4. The van der Waals surface area contributed by atoms with Gasteiger partial charge >= 0.3 is 6.18 Å². The number of hydrogen-bond acceptors (Lipinski definition) is 12. The number of hydrogen-bond donors (Lipinski definition) is 2. The highest BCUT2D eigenvalue weighted by Gasteiger charge is 2.68. The first-order valence-corrected chi connectivity index (χ1v) is 18.5. The third-order valence-corrected chi connectivity index (χ3v) is 13.0. The van der Waals surface area contributed by atoms with Crippen molar-refractivity contribution in [3.05, 3.63) is 23.2 Å². The molecule has 6 fully saturated rings. The molecular weight excluding hydrogens is 679 g/mol. The molecule has 288 valence electrons. The van der Waals surface area contributed by atoms with Gasteiger partial charge in [0.25, 0.3) is 0 Å². The molecule has 6 heterocycles. The highest BCUT2D eigenvalue weighted by Crippen LogP contribution is 2.60. The van der Waals surface area contributed by atoms with E-state index >= 15 is 0 Å². The van der Waals surface area contributed by atoms with Gasteiger partial charge in [-0.3, -0.25) is 5.26 Å². The number of nitrogens with zero attached hydrogens (tertiary/aromatic N) is 3. The number of alkyl halides is 3. The molecule has 2 N–H and O–H groups in total. The van der Waals surface area contributed by atoms with Crippen LogP contribution in [0.5, 0.6) is 0 Å². The molecule has 13 unspecified atom stereocenters. The van der Waals surface area contributed by atoms with Gasteiger partial charge in [-0.1, -0.05) is 26.0 Å². The van der Waals surface area contributed by atoms with E-state index in [1.165, 1.54) is 10.9 Å². The second kappa shape index (κ2) is 14.7. The molecule has 2 saturated carbocycles. The van der Waals surface area contributed by atoms with Crippen LogP contribution in [0.25, 0.3) is 0 Å². The molecule has 0 radical (unpaired) electrons. The highest BCUT2D eigenvalue weighted by atomic mass is 19.4. The Bertz CT molecular complexity index is 1400. The van der Waals surface area contributed by atoms with Crippen LogP contribution in [0.4, 0.5) is 13.2 Å². The van der Waals surface area contributed by atoms with Gasteiger partial charge < -0.3 is 28.8 Å². The molecule has 51 heavy (non-hydrogen) atoms. The Labute approximate surface area is 295 Å². The summed E-state index contributed by atoms with van der Waals surface area (Å²) < 4.78 is 74.3. The van der Waals surface area contributed by atoms with Gasteiger partial charge in [0.05, 0.1) is 51.0 Å².